The highest BCUT2D eigenvalue weighted by Crippen LogP contribution is 2.22. The lowest BCUT2D eigenvalue weighted by Gasteiger charge is -2.30. The van der Waals surface area contributed by atoms with Crippen molar-refractivity contribution in [1.82, 2.24) is 30.3 Å². The fraction of sp³-hybridized carbons (Fsp3) is 0.833. The van der Waals surface area contributed by atoms with Gasteiger partial charge in [-0.15, -0.1) is 24.0 Å². The van der Waals surface area contributed by atoms with Crippen molar-refractivity contribution in [2.24, 2.45) is 4.99 Å². The third kappa shape index (κ3) is 6.37. The third-order valence-electron chi connectivity index (χ3n) is 4.73. The molecule has 1 unspecified atom stereocenters. The monoisotopic (exact) mass is 477 g/mol. The molecule has 0 bridgehead atoms. The van der Waals surface area contributed by atoms with Gasteiger partial charge in [-0.2, -0.15) is 5.10 Å². The molecule has 0 aromatic carbocycles. The number of aromatic nitrogens is 3. The molecule has 1 aromatic rings. The summed E-state index contributed by atoms with van der Waals surface area (Å²) in [5.74, 6) is 2.71. The number of fused-ring (bicyclic) bond motifs is 1. The number of hydrogen-bond acceptors (Lipinski definition) is 4. The van der Waals surface area contributed by atoms with Crippen molar-refractivity contribution in [2.45, 2.75) is 78.6 Å². The number of halogens is 1. The molecule has 1 aromatic heterocycles. The zero-order valence-corrected chi connectivity index (χ0v) is 19.4. The molecule has 2 rings (SSSR count). The lowest BCUT2D eigenvalue weighted by molar-refractivity contribution is 0.173. The average Bonchev–Trinajstić information content (AvgIpc) is 2.93. The van der Waals surface area contributed by atoms with E-state index in [1.165, 1.54) is 0 Å². The number of nitrogens with one attached hydrogen (secondary N) is 2. The molecule has 7 nitrogen and oxygen atoms in total. The average molecular weight is 477 g/mol. The summed E-state index contributed by atoms with van der Waals surface area (Å²) in [5.41, 5.74) is 0. The van der Waals surface area contributed by atoms with Crippen molar-refractivity contribution >= 4 is 29.9 Å². The van der Waals surface area contributed by atoms with Crippen molar-refractivity contribution in [2.75, 3.05) is 20.1 Å². The largest absolute Gasteiger partial charge is 0.356 e. The van der Waals surface area contributed by atoms with Crippen LogP contribution in [0.2, 0.25) is 0 Å². The zero-order valence-electron chi connectivity index (χ0n) is 17.1. The van der Waals surface area contributed by atoms with Crippen LogP contribution >= 0.6 is 24.0 Å². The Morgan fingerprint density at radius 3 is 2.62 bits per heavy atom. The van der Waals surface area contributed by atoms with Crippen molar-refractivity contribution in [3.63, 3.8) is 0 Å². The van der Waals surface area contributed by atoms with E-state index in [-0.39, 0.29) is 30.0 Å². The SMILES string of the molecule is CN=C(NCCCN(C(C)C)C(C)C)NC1CCCn2nc(C)nc21.I. The molecule has 0 fully saturated rings. The van der Waals surface area contributed by atoms with Gasteiger partial charge < -0.3 is 10.6 Å². The Balaban J connectivity index is 0.00000338. The second-order valence-corrected chi connectivity index (χ2v) is 7.36. The summed E-state index contributed by atoms with van der Waals surface area (Å²) in [6.45, 7) is 13.9. The van der Waals surface area contributed by atoms with Gasteiger partial charge in [0.05, 0.1) is 6.04 Å². The van der Waals surface area contributed by atoms with Gasteiger partial charge in [-0.05, 0) is 53.9 Å². The first-order chi connectivity index (χ1) is 11.9. The van der Waals surface area contributed by atoms with E-state index in [1.54, 1.807) is 0 Å². The summed E-state index contributed by atoms with van der Waals surface area (Å²) >= 11 is 0. The van der Waals surface area contributed by atoms with Gasteiger partial charge in [-0.3, -0.25) is 9.89 Å². The molecular formula is C18H36IN7. The molecule has 0 amide bonds. The standard InChI is InChI=1S/C18H35N7.HI/c1-13(2)24(14(3)4)11-8-10-20-18(19-6)22-16-9-7-12-25-17(16)21-15(5)23-25;/h13-14,16H,7-12H2,1-6H3,(H2,19,20,22);1H. The maximum absolute atomic E-state index is 4.58. The number of aliphatic imine (C=N–C) groups is 1. The summed E-state index contributed by atoms with van der Waals surface area (Å²) in [6, 6.07) is 1.34. The lowest BCUT2D eigenvalue weighted by atomic mass is 10.1. The predicted octanol–water partition coefficient (Wildman–Crippen LogP) is 2.71. The maximum atomic E-state index is 4.58. The zero-order chi connectivity index (χ0) is 18.4. The fourth-order valence-corrected chi connectivity index (χ4v) is 3.55. The Morgan fingerprint density at radius 1 is 1.31 bits per heavy atom. The highest BCUT2D eigenvalue weighted by molar-refractivity contribution is 14.0. The molecular weight excluding hydrogens is 441 g/mol. The first-order valence-electron chi connectivity index (χ1n) is 9.56. The minimum atomic E-state index is 0. The van der Waals surface area contributed by atoms with Gasteiger partial charge in [0.2, 0.25) is 0 Å². The first kappa shape index (κ1) is 23.1. The minimum Gasteiger partial charge on any atom is -0.356 e. The van der Waals surface area contributed by atoms with Crippen LogP contribution in [-0.4, -0.2) is 57.8 Å². The van der Waals surface area contributed by atoms with Crippen LogP contribution in [0.5, 0.6) is 0 Å². The van der Waals surface area contributed by atoms with Gasteiger partial charge in [-0.25, -0.2) is 9.67 Å². The fourth-order valence-electron chi connectivity index (χ4n) is 3.55. The van der Waals surface area contributed by atoms with Gasteiger partial charge in [-0.1, -0.05) is 0 Å². The minimum absolute atomic E-state index is 0. The van der Waals surface area contributed by atoms with Crippen LogP contribution in [0.1, 0.15) is 64.6 Å². The molecule has 2 N–H and O–H groups in total. The van der Waals surface area contributed by atoms with Crippen LogP contribution in [-0.2, 0) is 6.54 Å². The molecule has 26 heavy (non-hydrogen) atoms. The predicted molar refractivity (Wildman–Crippen MR) is 118 cm³/mol. The Hall–Kier alpha value is -0.900. The second kappa shape index (κ2) is 11.1. The molecule has 0 radical (unpaired) electrons. The summed E-state index contributed by atoms with van der Waals surface area (Å²) < 4.78 is 2.02. The van der Waals surface area contributed by atoms with Gasteiger partial charge in [0, 0.05) is 38.8 Å². The van der Waals surface area contributed by atoms with Crippen LogP contribution in [0.4, 0.5) is 0 Å². The van der Waals surface area contributed by atoms with Crippen LogP contribution in [0, 0.1) is 6.92 Å². The van der Waals surface area contributed by atoms with Crippen molar-refractivity contribution in [3.8, 4) is 0 Å². The van der Waals surface area contributed by atoms with Crippen LogP contribution < -0.4 is 10.6 Å². The number of guanidine groups is 1. The molecule has 0 spiro atoms. The van der Waals surface area contributed by atoms with Gasteiger partial charge in [0.15, 0.2) is 5.96 Å². The summed E-state index contributed by atoms with van der Waals surface area (Å²) in [7, 11) is 1.82. The lowest BCUT2D eigenvalue weighted by Crippen LogP contribution is -2.43. The van der Waals surface area contributed by atoms with Crippen molar-refractivity contribution in [3.05, 3.63) is 11.6 Å². The molecule has 8 heteroatoms. The Morgan fingerprint density at radius 2 is 2.00 bits per heavy atom. The van der Waals surface area contributed by atoms with E-state index in [0.717, 1.165) is 56.5 Å². The van der Waals surface area contributed by atoms with E-state index in [2.05, 4.69) is 58.3 Å². The van der Waals surface area contributed by atoms with Crippen molar-refractivity contribution < 1.29 is 0 Å². The summed E-state index contributed by atoms with van der Waals surface area (Å²) in [6.07, 6.45) is 3.27. The van der Waals surface area contributed by atoms with Crippen LogP contribution in [0.15, 0.2) is 4.99 Å². The topological polar surface area (TPSA) is 70.4 Å². The molecule has 2 heterocycles. The number of nitrogens with zero attached hydrogens (tertiary/aromatic N) is 5. The van der Waals surface area contributed by atoms with E-state index in [4.69, 9.17) is 0 Å². The van der Waals surface area contributed by atoms with E-state index in [1.807, 2.05) is 18.7 Å². The van der Waals surface area contributed by atoms with E-state index in [0.29, 0.717) is 12.1 Å². The second-order valence-electron chi connectivity index (χ2n) is 7.36. The molecule has 1 aliphatic heterocycles. The van der Waals surface area contributed by atoms with Gasteiger partial charge >= 0.3 is 0 Å². The highest BCUT2D eigenvalue weighted by atomic mass is 127. The molecule has 1 aliphatic rings. The van der Waals surface area contributed by atoms with E-state index >= 15 is 0 Å². The summed E-state index contributed by atoms with van der Waals surface area (Å²) in [4.78, 5) is 11.5. The Kier molecular flexibility index (Phi) is 9.84. The Labute approximate surface area is 175 Å². The maximum Gasteiger partial charge on any atom is 0.191 e. The molecule has 0 saturated heterocycles. The van der Waals surface area contributed by atoms with Crippen LogP contribution in [0.25, 0.3) is 0 Å². The van der Waals surface area contributed by atoms with Crippen LogP contribution in [0.3, 0.4) is 0 Å². The summed E-state index contributed by atoms with van der Waals surface area (Å²) in [5, 5.41) is 11.4. The van der Waals surface area contributed by atoms with E-state index in [9.17, 15) is 0 Å². The van der Waals surface area contributed by atoms with Crippen molar-refractivity contribution in [1.29, 1.82) is 0 Å². The molecule has 0 aliphatic carbocycles. The quantitative estimate of drug-likeness (QED) is 0.274. The molecule has 150 valence electrons. The first-order valence-corrected chi connectivity index (χ1v) is 9.56. The number of hydrogen-bond donors (Lipinski definition) is 2. The van der Waals surface area contributed by atoms with Gasteiger partial charge in [0.25, 0.3) is 0 Å². The molecule has 1 atom stereocenters. The third-order valence-corrected chi connectivity index (χ3v) is 4.73. The highest BCUT2D eigenvalue weighted by Gasteiger charge is 2.24. The van der Waals surface area contributed by atoms with Gasteiger partial charge in [0.1, 0.15) is 11.6 Å². The smallest absolute Gasteiger partial charge is 0.191 e. The number of rotatable bonds is 7. The van der Waals surface area contributed by atoms with E-state index < -0.39 is 0 Å². The molecule has 0 saturated carbocycles. The normalized spacial score (nSPS) is 17.4. The number of aryl methyl sites for hydroxylation is 2. The Bertz CT molecular complexity index is 560.